The molecule has 26 heavy (non-hydrogen) atoms. The van der Waals surface area contributed by atoms with Gasteiger partial charge in [0.25, 0.3) is 0 Å². The number of rotatable bonds is 3. The van der Waals surface area contributed by atoms with E-state index in [-0.39, 0.29) is 0 Å². The number of benzene rings is 1. The van der Waals surface area contributed by atoms with E-state index in [1.54, 1.807) is 0 Å². The van der Waals surface area contributed by atoms with Gasteiger partial charge >= 0.3 is 35.6 Å². The van der Waals surface area contributed by atoms with Gasteiger partial charge in [-0.3, -0.25) is 4.99 Å². The van der Waals surface area contributed by atoms with Crippen LogP contribution in [-0.4, -0.2) is 17.4 Å². The van der Waals surface area contributed by atoms with Crippen LogP contribution in [0.3, 0.4) is 0 Å². The van der Waals surface area contributed by atoms with Gasteiger partial charge in [0.15, 0.2) is 0 Å². The van der Waals surface area contributed by atoms with Gasteiger partial charge in [-0.15, -0.1) is 0 Å². The minimum atomic E-state index is -0.556. The SMILES string of the molecule is Oc1c(C=NC2CCCCC2)cccc1C1CCCCCCC1.[Cl][Ti][Cl]. The molecule has 0 heterocycles. The average Bonchev–Trinajstić information content (AvgIpc) is 2.63. The molecule has 0 amide bonds. The molecule has 0 aliphatic heterocycles. The molecular formula is C21H31Cl2NOTi. The fourth-order valence-corrected chi connectivity index (χ4v) is 4.20. The molecule has 5 heteroatoms. The van der Waals surface area contributed by atoms with E-state index in [1.807, 2.05) is 12.3 Å². The predicted octanol–water partition coefficient (Wildman–Crippen LogP) is 7.35. The number of nitrogens with zero attached hydrogens (tertiary/aromatic N) is 1. The summed E-state index contributed by atoms with van der Waals surface area (Å²) in [5, 5.41) is 10.7. The second-order valence-electron chi connectivity index (χ2n) is 7.47. The van der Waals surface area contributed by atoms with Gasteiger partial charge < -0.3 is 5.11 Å². The third-order valence-electron chi connectivity index (χ3n) is 5.64. The average molecular weight is 432 g/mol. The van der Waals surface area contributed by atoms with Crippen molar-refractivity contribution in [3.05, 3.63) is 29.3 Å². The number of aliphatic imine (C=N–C) groups is 1. The van der Waals surface area contributed by atoms with Crippen molar-refractivity contribution < 1.29 is 22.1 Å². The Morgan fingerprint density at radius 2 is 1.42 bits per heavy atom. The summed E-state index contributed by atoms with van der Waals surface area (Å²) >= 11 is -0.556. The summed E-state index contributed by atoms with van der Waals surface area (Å²) in [6.07, 6.45) is 17.4. The summed E-state index contributed by atoms with van der Waals surface area (Å²) in [6.45, 7) is 0. The molecule has 3 rings (SSSR count). The number of hydrogen-bond donors (Lipinski definition) is 1. The van der Waals surface area contributed by atoms with Crippen LogP contribution in [-0.2, 0) is 17.0 Å². The number of halogens is 2. The number of hydrogen-bond acceptors (Lipinski definition) is 2. The van der Waals surface area contributed by atoms with E-state index in [9.17, 15) is 5.11 Å². The molecular weight excluding hydrogens is 401 g/mol. The molecule has 0 unspecified atom stereocenters. The zero-order valence-electron chi connectivity index (χ0n) is 15.6. The number of para-hydroxylation sites is 1. The molecule has 1 N–H and O–H groups in total. The van der Waals surface area contributed by atoms with Gasteiger partial charge in [0.1, 0.15) is 5.75 Å². The van der Waals surface area contributed by atoms with Crippen molar-refractivity contribution in [2.24, 2.45) is 4.99 Å². The standard InChI is InChI=1S/C21H31NO.2ClH.Ti/c23-21-18(16-22-19-13-7-4-8-14-19)12-9-15-20(21)17-10-5-2-1-3-6-11-17;;;/h9,12,15-17,19,23H,1-8,10-11,13-14H2;2*1H;/q;;;+2/p-2. The van der Waals surface area contributed by atoms with Crippen LogP contribution < -0.4 is 0 Å². The Morgan fingerprint density at radius 3 is 2.08 bits per heavy atom. The monoisotopic (exact) mass is 431 g/mol. The van der Waals surface area contributed by atoms with Crippen LogP contribution in [0.1, 0.15) is 94.1 Å². The third-order valence-corrected chi connectivity index (χ3v) is 5.64. The predicted molar refractivity (Wildman–Crippen MR) is 109 cm³/mol. The molecule has 0 saturated heterocycles. The Kier molecular flexibility index (Phi) is 11.3. The molecule has 0 bridgehead atoms. The van der Waals surface area contributed by atoms with Crippen LogP contribution in [0.25, 0.3) is 0 Å². The van der Waals surface area contributed by atoms with Crippen molar-refractivity contribution in [1.82, 2.24) is 0 Å². The van der Waals surface area contributed by atoms with Gasteiger partial charge in [-0.2, -0.15) is 0 Å². The van der Waals surface area contributed by atoms with E-state index >= 15 is 0 Å². The zero-order chi connectivity index (χ0) is 18.6. The fraction of sp³-hybridized carbons (Fsp3) is 0.667. The molecule has 2 fully saturated rings. The molecule has 1 aromatic rings. The van der Waals surface area contributed by atoms with Crippen LogP contribution in [0.4, 0.5) is 0 Å². The van der Waals surface area contributed by atoms with Crippen molar-refractivity contribution in [3.63, 3.8) is 0 Å². The van der Waals surface area contributed by atoms with E-state index in [2.05, 4.69) is 12.1 Å². The number of phenols is 1. The van der Waals surface area contributed by atoms with E-state index in [0.717, 1.165) is 11.1 Å². The van der Waals surface area contributed by atoms with E-state index in [4.69, 9.17) is 23.6 Å². The summed E-state index contributed by atoms with van der Waals surface area (Å²) in [7, 11) is 9.78. The molecule has 2 aliphatic rings. The van der Waals surface area contributed by atoms with Crippen molar-refractivity contribution in [2.45, 2.75) is 89.0 Å². The Bertz CT molecular complexity index is 539. The van der Waals surface area contributed by atoms with E-state index in [1.165, 1.54) is 77.0 Å². The van der Waals surface area contributed by atoms with Gasteiger partial charge in [-0.25, -0.2) is 0 Å². The van der Waals surface area contributed by atoms with Crippen LogP contribution >= 0.6 is 18.6 Å². The minimum absolute atomic E-state index is 0.466. The molecule has 144 valence electrons. The van der Waals surface area contributed by atoms with Gasteiger partial charge in [0.05, 0.1) is 0 Å². The first-order chi connectivity index (χ1) is 12.8. The maximum atomic E-state index is 10.7. The molecule has 0 radical (unpaired) electrons. The normalized spacial score (nSPS) is 20.1. The van der Waals surface area contributed by atoms with E-state index < -0.39 is 17.0 Å². The molecule has 2 aliphatic carbocycles. The first-order valence-electron chi connectivity index (χ1n) is 10.1. The van der Waals surface area contributed by atoms with Gasteiger partial charge in [-0.1, -0.05) is 63.5 Å². The molecule has 2 saturated carbocycles. The number of aromatic hydroxyl groups is 1. The van der Waals surface area contributed by atoms with Gasteiger partial charge in [-0.05, 0) is 43.2 Å². The first kappa shape index (κ1) is 22.3. The van der Waals surface area contributed by atoms with Crippen LogP contribution in [0.5, 0.6) is 5.75 Å². The molecule has 0 spiro atoms. The Balaban J connectivity index is 0.000000758. The molecule has 0 aromatic heterocycles. The maximum absolute atomic E-state index is 10.7. The first-order valence-corrected chi connectivity index (χ1v) is 14.4. The summed E-state index contributed by atoms with van der Waals surface area (Å²) in [5.41, 5.74) is 2.06. The molecule has 0 atom stereocenters. The zero-order valence-corrected chi connectivity index (χ0v) is 18.7. The Morgan fingerprint density at radius 1 is 0.885 bits per heavy atom. The van der Waals surface area contributed by atoms with Crippen LogP contribution in [0.2, 0.25) is 0 Å². The van der Waals surface area contributed by atoms with Crippen molar-refractivity contribution in [2.75, 3.05) is 0 Å². The summed E-state index contributed by atoms with van der Waals surface area (Å²) < 4.78 is 0. The molecule has 1 aromatic carbocycles. The summed E-state index contributed by atoms with van der Waals surface area (Å²) in [6, 6.07) is 6.69. The molecule has 2 nitrogen and oxygen atoms in total. The second kappa shape index (κ2) is 13.2. The van der Waals surface area contributed by atoms with Crippen molar-refractivity contribution in [3.8, 4) is 5.75 Å². The Labute approximate surface area is 175 Å². The number of phenolic OH excluding ortho intramolecular Hbond substituents is 1. The van der Waals surface area contributed by atoms with Crippen molar-refractivity contribution in [1.29, 1.82) is 0 Å². The quantitative estimate of drug-likeness (QED) is 0.393. The summed E-state index contributed by atoms with van der Waals surface area (Å²) in [5.74, 6) is 1.01. The van der Waals surface area contributed by atoms with Crippen molar-refractivity contribution >= 4 is 24.8 Å². The van der Waals surface area contributed by atoms with E-state index in [0.29, 0.717) is 17.7 Å². The van der Waals surface area contributed by atoms with Crippen LogP contribution in [0, 0.1) is 0 Å². The topological polar surface area (TPSA) is 32.6 Å². The summed E-state index contributed by atoms with van der Waals surface area (Å²) in [4.78, 5) is 4.75. The van der Waals surface area contributed by atoms with Gasteiger partial charge in [0, 0.05) is 17.8 Å². The van der Waals surface area contributed by atoms with Gasteiger partial charge in [0.2, 0.25) is 0 Å². The fourth-order valence-electron chi connectivity index (χ4n) is 4.20. The second-order valence-corrected chi connectivity index (χ2v) is 10.0. The third kappa shape index (κ3) is 7.54. The Hall–Kier alpha value is -0.0157. The van der Waals surface area contributed by atoms with Crippen LogP contribution in [0.15, 0.2) is 23.2 Å².